The molecule has 1 aliphatic rings. The van der Waals surface area contributed by atoms with Gasteiger partial charge in [-0.1, -0.05) is 18.2 Å². The lowest BCUT2D eigenvalue weighted by atomic mass is 10.1. The Balaban J connectivity index is 1.69. The van der Waals surface area contributed by atoms with Crippen molar-refractivity contribution in [3.05, 3.63) is 59.4 Å². The first kappa shape index (κ1) is 12.7. The van der Waals surface area contributed by atoms with Gasteiger partial charge in [0.25, 0.3) is 0 Å². The molecule has 2 aromatic rings. The molecular weight excluding hydrogens is 252 g/mol. The highest BCUT2D eigenvalue weighted by Crippen LogP contribution is 2.27. The van der Waals surface area contributed by atoms with Crippen LogP contribution < -0.4 is 4.90 Å². The summed E-state index contributed by atoms with van der Waals surface area (Å²) in [6.45, 7) is 1.89. The van der Waals surface area contributed by atoms with Gasteiger partial charge in [0.2, 0.25) is 0 Å². The SMILES string of the molecule is O=C(O)c1ccnc(CCN2CCc3ccccc32)c1. The van der Waals surface area contributed by atoms with E-state index in [1.165, 1.54) is 17.3 Å². The lowest BCUT2D eigenvalue weighted by Crippen LogP contribution is -2.23. The molecule has 1 aromatic heterocycles. The van der Waals surface area contributed by atoms with Crippen molar-refractivity contribution in [2.24, 2.45) is 0 Å². The highest BCUT2D eigenvalue weighted by atomic mass is 16.4. The van der Waals surface area contributed by atoms with E-state index in [-0.39, 0.29) is 0 Å². The average Bonchev–Trinajstić information content (AvgIpc) is 2.89. The Hall–Kier alpha value is -2.36. The number of anilines is 1. The molecule has 0 unspecified atom stereocenters. The smallest absolute Gasteiger partial charge is 0.335 e. The Morgan fingerprint density at radius 1 is 1.30 bits per heavy atom. The number of aromatic carboxylic acids is 1. The van der Waals surface area contributed by atoms with Crippen LogP contribution in [0.25, 0.3) is 0 Å². The minimum absolute atomic E-state index is 0.303. The first-order valence-corrected chi connectivity index (χ1v) is 6.75. The van der Waals surface area contributed by atoms with Crippen LogP contribution in [0, 0.1) is 0 Å². The summed E-state index contributed by atoms with van der Waals surface area (Å²) in [6, 6.07) is 11.6. The van der Waals surface area contributed by atoms with Crippen LogP contribution >= 0.6 is 0 Å². The molecule has 3 rings (SSSR count). The molecule has 0 spiro atoms. The molecule has 0 bridgehead atoms. The lowest BCUT2D eigenvalue weighted by molar-refractivity contribution is 0.0696. The third-order valence-corrected chi connectivity index (χ3v) is 3.68. The van der Waals surface area contributed by atoms with E-state index in [0.717, 1.165) is 31.6 Å². The van der Waals surface area contributed by atoms with Gasteiger partial charge in [-0.15, -0.1) is 0 Å². The molecule has 1 aromatic carbocycles. The zero-order chi connectivity index (χ0) is 13.9. The average molecular weight is 268 g/mol. The predicted octanol–water partition coefficient (Wildman–Crippen LogP) is 2.39. The van der Waals surface area contributed by atoms with E-state index in [2.05, 4.69) is 34.1 Å². The molecule has 0 saturated heterocycles. The standard InChI is InChI=1S/C16H16N2O2/c19-16(20)13-5-8-17-14(11-13)7-10-18-9-6-12-3-1-2-4-15(12)18/h1-5,8,11H,6-7,9-10H2,(H,19,20). The van der Waals surface area contributed by atoms with Crippen molar-refractivity contribution in [3.63, 3.8) is 0 Å². The number of aromatic nitrogens is 1. The highest BCUT2D eigenvalue weighted by Gasteiger charge is 2.17. The third kappa shape index (κ3) is 2.50. The molecule has 0 fully saturated rings. The summed E-state index contributed by atoms with van der Waals surface area (Å²) in [4.78, 5) is 17.5. The van der Waals surface area contributed by atoms with Crippen molar-refractivity contribution in [1.82, 2.24) is 4.98 Å². The number of para-hydroxylation sites is 1. The Labute approximate surface area is 117 Å². The topological polar surface area (TPSA) is 53.4 Å². The number of fused-ring (bicyclic) bond motifs is 1. The number of pyridine rings is 1. The molecule has 4 nitrogen and oxygen atoms in total. The summed E-state index contributed by atoms with van der Waals surface area (Å²) in [5.74, 6) is -0.903. The molecule has 4 heteroatoms. The number of rotatable bonds is 4. The van der Waals surface area contributed by atoms with E-state index < -0.39 is 5.97 Å². The fourth-order valence-corrected chi connectivity index (χ4v) is 2.64. The lowest BCUT2D eigenvalue weighted by Gasteiger charge is -2.19. The van der Waals surface area contributed by atoms with Crippen molar-refractivity contribution in [2.75, 3.05) is 18.0 Å². The summed E-state index contributed by atoms with van der Waals surface area (Å²) in [5, 5.41) is 8.98. The quantitative estimate of drug-likeness (QED) is 0.925. The monoisotopic (exact) mass is 268 g/mol. The molecule has 2 heterocycles. The first-order valence-electron chi connectivity index (χ1n) is 6.75. The summed E-state index contributed by atoms with van der Waals surface area (Å²) >= 11 is 0. The van der Waals surface area contributed by atoms with Gasteiger partial charge in [-0.25, -0.2) is 4.79 Å². The molecule has 1 aliphatic heterocycles. The Bertz CT molecular complexity index is 640. The number of hydrogen-bond donors (Lipinski definition) is 1. The van der Waals surface area contributed by atoms with Crippen LogP contribution in [0.3, 0.4) is 0 Å². The maximum absolute atomic E-state index is 10.9. The normalized spacial score (nSPS) is 13.3. The molecule has 0 aliphatic carbocycles. The van der Waals surface area contributed by atoms with Gasteiger partial charge in [0.1, 0.15) is 0 Å². The zero-order valence-electron chi connectivity index (χ0n) is 11.1. The van der Waals surface area contributed by atoms with Crippen molar-refractivity contribution < 1.29 is 9.90 Å². The fraction of sp³-hybridized carbons (Fsp3) is 0.250. The van der Waals surface area contributed by atoms with Gasteiger partial charge in [-0.2, -0.15) is 0 Å². The highest BCUT2D eigenvalue weighted by molar-refractivity contribution is 5.87. The van der Waals surface area contributed by atoms with Crippen LogP contribution in [0.2, 0.25) is 0 Å². The molecule has 0 amide bonds. The molecule has 102 valence electrons. The number of carboxylic acid groups (broad SMARTS) is 1. The molecule has 0 radical (unpaired) electrons. The largest absolute Gasteiger partial charge is 0.478 e. The summed E-state index contributed by atoms with van der Waals surface area (Å²) in [5.41, 5.74) is 3.81. The van der Waals surface area contributed by atoms with Crippen LogP contribution in [0.4, 0.5) is 5.69 Å². The molecular formula is C16H16N2O2. The number of hydrogen-bond acceptors (Lipinski definition) is 3. The Morgan fingerprint density at radius 2 is 2.15 bits per heavy atom. The number of carbonyl (C=O) groups is 1. The summed E-state index contributed by atoms with van der Waals surface area (Å²) in [6.07, 6.45) is 3.41. The second-order valence-electron chi connectivity index (χ2n) is 4.96. The Morgan fingerprint density at radius 3 is 3.00 bits per heavy atom. The first-order chi connectivity index (χ1) is 9.74. The number of benzene rings is 1. The van der Waals surface area contributed by atoms with Crippen LogP contribution in [0.5, 0.6) is 0 Å². The minimum atomic E-state index is -0.903. The second kappa shape index (κ2) is 5.33. The van der Waals surface area contributed by atoms with Crippen molar-refractivity contribution in [1.29, 1.82) is 0 Å². The van der Waals surface area contributed by atoms with Gasteiger partial charge in [0.15, 0.2) is 0 Å². The van der Waals surface area contributed by atoms with Crippen molar-refractivity contribution >= 4 is 11.7 Å². The van der Waals surface area contributed by atoms with Crippen LogP contribution in [0.1, 0.15) is 21.6 Å². The molecule has 1 N–H and O–H groups in total. The third-order valence-electron chi connectivity index (χ3n) is 3.68. The van der Waals surface area contributed by atoms with Gasteiger partial charge >= 0.3 is 5.97 Å². The summed E-state index contributed by atoms with van der Waals surface area (Å²) < 4.78 is 0. The van der Waals surface area contributed by atoms with Gasteiger partial charge in [-0.05, 0) is 30.2 Å². The maximum Gasteiger partial charge on any atom is 0.335 e. The van der Waals surface area contributed by atoms with Crippen LogP contribution in [-0.2, 0) is 12.8 Å². The van der Waals surface area contributed by atoms with Crippen LogP contribution in [0.15, 0.2) is 42.6 Å². The molecule has 0 atom stereocenters. The zero-order valence-corrected chi connectivity index (χ0v) is 11.1. The summed E-state index contributed by atoms with van der Waals surface area (Å²) in [7, 11) is 0. The van der Waals surface area contributed by atoms with Crippen molar-refractivity contribution in [3.8, 4) is 0 Å². The molecule has 20 heavy (non-hydrogen) atoms. The van der Waals surface area contributed by atoms with Crippen LogP contribution in [-0.4, -0.2) is 29.1 Å². The number of nitrogens with zero attached hydrogens (tertiary/aromatic N) is 2. The van der Waals surface area contributed by atoms with E-state index in [4.69, 9.17) is 5.11 Å². The second-order valence-corrected chi connectivity index (χ2v) is 4.96. The Kier molecular flexibility index (Phi) is 3.37. The number of carboxylic acids is 1. The van der Waals surface area contributed by atoms with Gasteiger partial charge in [-0.3, -0.25) is 4.98 Å². The van der Waals surface area contributed by atoms with Gasteiger partial charge in [0.05, 0.1) is 5.56 Å². The van der Waals surface area contributed by atoms with Crippen molar-refractivity contribution in [2.45, 2.75) is 12.8 Å². The van der Waals surface area contributed by atoms with E-state index in [0.29, 0.717) is 5.56 Å². The van der Waals surface area contributed by atoms with E-state index >= 15 is 0 Å². The van der Waals surface area contributed by atoms with E-state index in [1.807, 2.05) is 0 Å². The van der Waals surface area contributed by atoms with E-state index in [1.54, 1.807) is 12.3 Å². The minimum Gasteiger partial charge on any atom is -0.478 e. The predicted molar refractivity (Wildman–Crippen MR) is 77.3 cm³/mol. The van der Waals surface area contributed by atoms with Gasteiger partial charge < -0.3 is 10.0 Å². The van der Waals surface area contributed by atoms with E-state index in [9.17, 15) is 4.79 Å². The molecule has 0 saturated carbocycles. The fourth-order valence-electron chi connectivity index (χ4n) is 2.64. The maximum atomic E-state index is 10.9. The van der Waals surface area contributed by atoms with Gasteiger partial charge in [0, 0.05) is 37.1 Å².